The fourth-order valence-corrected chi connectivity index (χ4v) is 3.18. The first kappa shape index (κ1) is 22.6. The van der Waals surface area contributed by atoms with Crippen molar-refractivity contribution in [3.8, 4) is 11.5 Å². The molecule has 164 valence electrons. The molecule has 0 saturated carbocycles. The molecule has 7 heteroatoms. The number of aromatic carboxylic acids is 1. The summed E-state index contributed by atoms with van der Waals surface area (Å²) < 4.78 is 11.1. The van der Waals surface area contributed by atoms with Crippen LogP contribution in [0.4, 0.5) is 0 Å². The average Bonchev–Trinajstić information content (AvgIpc) is 3.32. The normalized spacial score (nSPS) is 10.8. The van der Waals surface area contributed by atoms with Gasteiger partial charge in [-0.2, -0.15) is 0 Å². The summed E-state index contributed by atoms with van der Waals surface area (Å²) in [6.07, 6.45) is 7.30. The standard InChI is InChI=1S/C25H24N2O5/c1-16(2)9-12-19-20(31-3)15-18(11-10-17-7-5-4-6-8-17)21(24(28)29)22(19)32-25(30)23-26-13-14-27-23/h4-8,10-11,13-15H,1,9,12H2,2-3H3,(H,26,27)(H,28,29)/b11-10+. The van der Waals surface area contributed by atoms with Crippen LogP contribution in [0, 0.1) is 0 Å². The third kappa shape index (κ3) is 5.31. The summed E-state index contributed by atoms with van der Waals surface area (Å²) in [7, 11) is 1.49. The molecule has 7 nitrogen and oxygen atoms in total. The van der Waals surface area contributed by atoms with Crippen molar-refractivity contribution in [2.45, 2.75) is 19.8 Å². The van der Waals surface area contributed by atoms with E-state index in [4.69, 9.17) is 9.47 Å². The van der Waals surface area contributed by atoms with E-state index in [9.17, 15) is 14.7 Å². The Labute approximate surface area is 186 Å². The fourth-order valence-electron chi connectivity index (χ4n) is 3.18. The van der Waals surface area contributed by atoms with E-state index in [1.54, 1.807) is 18.2 Å². The van der Waals surface area contributed by atoms with Crippen LogP contribution in [-0.2, 0) is 6.42 Å². The molecular weight excluding hydrogens is 408 g/mol. The number of carboxylic acids is 1. The molecule has 1 aromatic heterocycles. The molecule has 3 aromatic rings. The van der Waals surface area contributed by atoms with Crippen molar-refractivity contribution in [3.05, 3.63) is 89.0 Å². The van der Waals surface area contributed by atoms with Gasteiger partial charge in [0.2, 0.25) is 5.82 Å². The number of rotatable bonds is 9. The van der Waals surface area contributed by atoms with Gasteiger partial charge >= 0.3 is 11.9 Å². The Morgan fingerprint density at radius 3 is 2.56 bits per heavy atom. The van der Waals surface area contributed by atoms with E-state index in [0.29, 0.717) is 29.7 Å². The van der Waals surface area contributed by atoms with Gasteiger partial charge in [0.15, 0.2) is 5.75 Å². The smallest absolute Gasteiger partial charge is 0.379 e. The largest absolute Gasteiger partial charge is 0.496 e. The van der Waals surface area contributed by atoms with Gasteiger partial charge in [-0.15, -0.1) is 6.58 Å². The third-order valence-corrected chi connectivity index (χ3v) is 4.75. The summed E-state index contributed by atoms with van der Waals surface area (Å²) in [6.45, 7) is 5.78. The number of esters is 1. The molecule has 1 heterocycles. The van der Waals surface area contributed by atoms with E-state index < -0.39 is 11.9 Å². The van der Waals surface area contributed by atoms with Crippen LogP contribution >= 0.6 is 0 Å². The van der Waals surface area contributed by atoms with E-state index >= 15 is 0 Å². The van der Waals surface area contributed by atoms with Crippen LogP contribution in [0.5, 0.6) is 11.5 Å². The molecule has 0 unspecified atom stereocenters. The number of allylic oxidation sites excluding steroid dienone is 1. The van der Waals surface area contributed by atoms with Gasteiger partial charge in [-0.05, 0) is 37.0 Å². The highest BCUT2D eigenvalue weighted by atomic mass is 16.5. The highest BCUT2D eigenvalue weighted by Gasteiger charge is 2.26. The molecule has 2 N–H and O–H groups in total. The second-order valence-electron chi connectivity index (χ2n) is 7.18. The van der Waals surface area contributed by atoms with Gasteiger partial charge in [-0.1, -0.05) is 48.1 Å². The number of hydrogen-bond acceptors (Lipinski definition) is 5. The van der Waals surface area contributed by atoms with Crippen LogP contribution in [0.3, 0.4) is 0 Å². The predicted molar refractivity (Wildman–Crippen MR) is 122 cm³/mol. The Bertz CT molecular complexity index is 1150. The fraction of sp³-hybridized carbons (Fsp3) is 0.160. The van der Waals surface area contributed by atoms with Gasteiger partial charge in [-0.25, -0.2) is 14.6 Å². The van der Waals surface area contributed by atoms with Crippen molar-refractivity contribution in [2.24, 2.45) is 0 Å². The molecule has 0 spiro atoms. The van der Waals surface area contributed by atoms with Gasteiger partial charge in [0.05, 0.1) is 7.11 Å². The van der Waals surface area contributed by atoms with Gasteiger partial charge in [0, 0.05) is 18.0 Å². The number of nitrogens with one attached hydrogen (secondary N) is 1. The minimum absolute atomic E-state index is 0.0311. The molecular formula is C25H24N2O5. The number of aromatic nitrogens is 2. The van der Waals surface area contributed by atoms with Gasteiger partial charge in [0.1, 0.15) is 11.3 Å². The summed E-state index contributed by atoms with van der Waals surface area (Å²) >= 11 is 0. The van der Waals surface area contributed by atoms with E-state index in [0.717, 1.165) is 11.1 Å². The molecule has 0 bridgehead atoms. The number of aromatic amines is 1. The number of benzene rings is 2. The second kappa shape index (κ2) is 10.3. The van der Waals surface area contributed by atoms with Crippen molar-refractivity contribution in [1.29, 1.82) is 0 Å². The van der Waals surface area contributed by atoms with Gasteiger partial charge in [-0.3, -0.25) is 0 Å². The van der Waals surface area contributed by atoms with Crippen LogP contribution in [0.15, 0.2) is 60.9 Å². The van der Waals surface area contributed by atoms with Crippen LogP contribution in [0.2, 0.25) is 0 Å². The minimum atomic E-state index is -1.22. The molecule has 2 aromatic carbocycles. The predicted octanol–water partition coefficient (Wildman–Crippen LogP) is 5.01. The molecule has 0 aliphatic heterocycles. The first-order valence-electron chi connectivity index (χ1n) is 9.97. The Hall–Kier alpha value is -4.13. The Morgan fingerprint density at radius 2 is 1.97 bits per heavy atom. The number of imidazole rings is 1. The lowest BCUT2D eigenvalue weighted by atomic mass is 9.96. The maximum Gasteiger partial charge on any atom is 0.379 e. The molecule has 3 rings (SSSR count). The molecule has 0 amide bonds. The molecule has 0 saturated heterocycles. The number of carboxylic acid groups (broad SMARTS) is 1. The number of carbonyl (C=O) groups excluding carboxylic acids is 1. The SMILES string of the molecule is C=C(C)CCc1c(OC)cc(/C=C/c2ccccc2)c(C(=O)O)c1OC(=O)c1ncc[nH]1. The van der Waals surface area contributed by atoms with Crippen LogP contribution in [-0.4, -0.2) is 34.1 Å². The maximum absolute atomic E-state index is 12.6. The zero-order chi connectivity index (χ0) is 23.1. The first-order valence-corrected chi connectivity index (χ1v) is 9.97. The van der Waals surface area contributed by atoms with E-state index in [1.165, 1.54) is 19.5 Å². The summed E-state index contributed by atoms with van der Waals surface area (Å²) in [5, 5.41) is 10.0. The topological polar surface area (TPSA) is 102 Å². The van der Waals surface area contributed by atoms with Crippen molar-refractivity contribution in [1.82, 2.24) is 9.97 Å². The number of carbonyl (C=O) groups is 2. The van der Waals surface area contributed by atoms with Crippen LogP contribution in [0.25, 0.3) is 12.2 Å². The molecule has 32 heavy (non-hydrogen) atoms. The number of hydrogen-bond donors (Lipinski definition) is 2. The summed E-state index contributed by atoms with van der Waals surface area (Å²) in [5.74, 6) is -1.69. The summed E-state index contributed by atoms with van der Waals surface area (Å²) in [4.78, 5) is 31.5. The number of ether oxygens (including phenoxy) is 2. The van der Waals surface area contributed by atoms with Gasteiger partial charge < -0.3 is 19.6 Å². The number of methoxy groups -OCH3 is 1. The molecule has 0 aliphatic rings. The maximum atomic E-state index is 12.6. The average molecular weight is 432 g/mol. The summed E-state index contributed by atoms with van der Waals surface area (Å²) in [6, 6.07) is 11.1. The lowest BCUT2D eigenvalue weighted by Crippen LogP contribution is -2.16. The van der Waals surface area contributed by atoms with Crippen LogP contribution in [0.1, 0.15) is 51.0 Å². The molecule has 0 atom stereocenters. The zero-order valence-electron chi connectivity index (χ0n) is 17.9. The second-order valence-corrected chi connectivity index (χ2v) is 7.18. The van der Waals surface area contributed by atoms with Crippen molar-refractivity contribution in [2.75, 3.05) is 7.11 Å². The lowest BCUT2D eigenvalue weighted by Gasteiger charge is -2.18. The Morgan fingerprint density at radius 1 is 1.22 bits per heavy atom. The molecule has 0 radical (unpaired) electrons. The van der Waals surface area contributed by atoms with E-state index in [2.05, 4.69) is 16.5 Å². The highest BCUT2D eigenvalue weighted by molar-refractivity contribution is 5.99. The van der Waals surface area contributed by atoms with Crippen molar-refractivity contribution >= 4 is 24.1 Å². The van der Waals surface area contributed by atoms with Crippen LogP contribution < -0.4 is 9.47 Å². The van der Waals surface area contributed by atoms with Crippen molar-refractivity contribution < 1.29 is 24.2 Å². The minimum Gasteiger partial charge on any atom is -0.496 e. The highest BCUT2D eigenvalue weighted by Crippen LogP contribution is 2.38. The van der Waals surface area contributed by atoms with Gasteiger partial charge in [0.25, 0.3) is 0 Å². The van der Waals surface area contributed by atoms with Crippen molar-refractivity contribution in [3.63, 3.8) is 0 Å². The lowest BCUT2D eigenvalue weighted by molar-refractivity contribution is 0.0677. The first-order chi connectivity index (χ1) is 15.4. The Kier molecular flexibility index (Phi) is 7.23. The number of H-pyrrole nitrogens is 1. The van der Waals surface area contributed by atoms with E-state index in [1.807, 2.05) is 37.3 Å². The number of nitrogens with zero attached hydrogens (tertiary/aromatic N) is 1. The zero-order valence-corrected chi connectivity index (χ0v) is 17.9. The van der Waals surface area contributed by atoms with E-state index in [-0.39, 0.29) is 17.1 Å². The molecule has 0 fully saturated rings. The summed E-state index contributed by atoms with van der Waals surface area (Å²) in [5.41, 5.74) is 2.49. The molecule has 0 aliphatic carbocycles. The monoisotopic (exact) mass is 432 g/mol. The Balaban J connectivity index is 2.17. The third-order valence-electron chi connectivity index (χ3n) is 4.75. The quantitative estimate of drug-likeness (QED) is 0.213.